The first-order valence-electron chi connectivity index (χ1n) is 12.1. The molecule has 0 saturated carbocycles. The number of ether oxygens (including phenoxy) is 3. The lowest BCUT2D eigenvalue weighted by atomic mass is 9.96. The highest BCUT2D eigenvalue weighted by Crippen LogP contribution is 2.26. The Morgan fingerprint density at radius 1 is 1.11 bits per heavy atom. The number of aliphatic hydroxyl groups excluding tert-OH is 2. The van der Waals surface area contributed by atoms with Crippen molar-refractivity contribution < 1.29 is 34.0 Å². The number of benzene rings is 2. The van der Waals surface area contributed by atoms with Crippen molar-refractivity contribution in [2.24, 2.45) is 0 Å². The van der Waals surface area contributed by atoms with Gasteiger partial charge < -0.3 is 35.1 Å². The van der Waals surface area contributed by atoms with Crippen LogP contribution in [0, 0.1) is 12.3 Å². The molecule has 2 aromatic carbocycles. The van der Waals surface area contributed by atoms with Crippen LogP contribution in [0.4, 0.5) is 0 Å². The van der Waals surface area contributed by atoms with Crippen molar-refractivity contribution in [1.29, 1.82) is 0 Å². The quantitative estimate of drug-likeness (QED) is 0.331. The minimum Gasteiger partial charge on any atom is -0.394 e. The van der Waals surface area contributed by atoms with Crippen LogP contribution in [0.15, 0.2) is 60.7 Å². The van der Waals surface area contributed by atoms with E-state index in [4.69, 9.17) is 20.6 Å². The van der Waals surface area contributed by atoms with E-state index in [0.29, 0.717) is 6.42 Å². The smallest absolute Gasteiger partial charge is 0.261 e. The Morgan fingerprint density at radius 2 is 1.73 bits per heavy atom. The van der Waals surface area contributed by atoms with Gasteiger partial charge >= 0.3 is 0 Å². The van der Waals surface area contributed by atoms with Gasteiger partial charge in [0.05, 0.1) is 13.2 Å². The molecule has 198 valence electrons. The molecule has 1 aliphatic rings. The summed E-state index contributed by atoms with van der Waals surface area (Å²) in [7, 11) is 0. The summed E-state index contributed by atoms with van der Waals surface area (Å²) in [6, 6.07) is 17.7. The van der Waals surface area contributed by atoms with Gasteiger partial charge in [-0.3, -0.25) is 9.59 Å². The van der Waals surface area contributed by atoms with Gasteiger partial charge in [-0.05, 0) is 24.5 Å². The van der Waals surface area contributed by atoms with Crippen molar-refractivity contribution >= 4 is 11.8 Å². The molecule has 37 heavy (non-hydrogen) atoms. The fraction of sp³-hybridized carbons (Fsp3) is 0.429. The van der Waals surface area contributed by atoms with E-state index >= 15 is 0 Å². The highest BCUT2D eigenvalue weighted by atomic mass is 16.7. The number of hydrogen-bond acceptors (Lipinski definition) is 7. The third-order valence-electron chi connectivity index (χ3n) is 5.94. The molecular formula is C28H34N2O7. The second-order valence-corrected chi connectivity index (χ2v) is 8.99. The molecule has 0 spiro atoms. The summed E-state index contributed by atoms with van der Waals surface area (Å²) in [5, 5.41) is 26.2. The number of nitrogens with one attached hydrogen (secondary N) is 2. The largest absolute Gasteiger partial charge is 0.394 e. The fourth-order valence-electron chi connectivity index (χ4n) is 4.18. The summed E-state index contributed by atoms with van der Waals surface area (Å²) >= 11 is 0. The summed E-state index contributed by atoms with van der Waals surface area (Å²) in [5.41, 5.74) is 1.90. The zero-order chi connectivity index (χ0) is 26.8. The first-order valence-corrected chi connectivity index (χ1v) is 12.1. The van der Waals surface area contributed by atoms with Gasteiger partial charge in [-0.1, -0.05) is 66.6 Å². The number of carbonyl (C=O) groups is 2. The van der Waals surface area contributed by atoms with Gasteiger partial charge in [0.15, 0.2) is 12.4 Å². The predicted octanol–water partition coefficient (Wildman–Crippen LogP) is 0.920. The average molecular weight is 511 g/mol. The molecule has 0 aliphatic carbocycles. The van der Waals surface area contributed by atoms with Crippen molar-refractivity contribution in [3.63, 3.8) is 0 Å². The number of terminal acetylenes is 1. The highest BCUT2D eigenvalue weighted by molar-refractivity contribution is 5.84. The van der Waals surface area contributed by atoms with E-state index in [1.54, 1.807) is 0 Å². The van der Waals surface area contributed by atoms with Gasteiger partial charge in [-0.15, -0.1) is 6.42 Å². The maximum absolute atomic E-state index is 13.0. The number of amides is 2. The predicted molar refractivity (Wildman–Crippen MR) is 136 cm³/mol. The van der Waals surface area contributed by atoms with Crippen molar-refractivity contribution in [3.8, 4) is 12.3 Å². The Morgan fingerprint density at radius 3 is 2.30 bits per heavy atom. The number of rotatable bonds is 11. The summed E-state index contributed by atoms with van der Waals surface area (Å²) in [6.07, 6.45) is 0.0613. The van der Waals surface area contributed by atoms with Crippen molar-refractivity contribution in [2.45, 2.75) is 69.7 Å². The van der Waals surface area contributed by atoms with Gasteiger partial charge in [-0.2, -0.15) is 0 Å². The standard InChI is InChI=1S/C28H34N2O7/c1-4-22(27(34)29-18(2)15-20-11-7-5-8-12-20)36-26-24(30-19(3)32)28(37-23(16-31)25(26)33)35-17-21-13-9-6-10-14-21/h1,5-14,18,22-26,28,31,33H,15-17H2,2-3H3,(H,29,34)(H,30,32). The zero-order valence-electron chi connectivity index (χ0n) is 20.9. The molecule has 7 unspecified atom stereocenters. The fourth-order valence-corrected chi connectivity index (χ4v) is 4.18. The molecule has 0 bridgehead atoms. The molecular weight excluding hydrogens is 476 g/mol. The summed E-state index contributed by atoms with van der Waals surface area (Å²) in [5.74, 6) is 1.33. The van der Waals surface area contributed by atoms with E-state index in [9.17, 15) is 19.8 Å². The lowest BCUT2D eigenvalue weighted by Crippen LogP contribution is -2.66. The van der Waals surface area contributed by atoms with E-state index < -0.39 is 55.2 Å². The van der Waals surface area contributed by atoms with Gasteiger partial charge in [0.25, 0.3) is 5.91 Å². The zero-order valence-corrected chi connectivity index (χ0v) is 20.9. The molecule has 7 atom stereocenters. The molecule has 0 radical (unpaired) electrons. The number of hydrogen-bond donors (Lipinski definition) is 4. The number of carbonyl (C=O) groups excluding carboxylic acids is 2. The van der Waals surface area contributed by atoms with Gasteiger partial charge in [0, 0.05) is 13.0 Å². The van der Waals surface area contributed by atoms with E-state index in [1.165, 1.54) is 6.92 Å². The minimum atomic E-state index is -1.40. The highest BCUT2D eigenvalue weighted by Gasteiger charge is 2.48. The van der Waals surface area contributed by atoms with Crippen LogP contribution in [-0.4, -0.2) is 71.4 Å². The van der Waals surface area contributed by atoms with Crippen LogP contribution in [0.2, 0.25) is 0 Å². The van der Waals surface area contributed by atoms with Crippen LogP contribution < -0.4 is 10.6 Å². The Labute approximate surface area is 217 Å². The minimum absolute atomic E-state index is 0.138. The molecule has 9 heteroatoms. The number of aliphatic hydroxyl groups is 2. The topological polar surface area (TPSA) is 126 Å². The lowest BCUT2D eigenvalue weighted by molar-refractivity contribution is -0.282. The van der Waals surface area contributed by atoms with Gasteiger partial charge in [0.1, 0.15) is 24.4 Å². The molecule has 4 N–H and O–H groups in total. The van der Waals surface area contributed by atoms with Crippen LogP contribution in [-0.2, 0) is 36.8 Å². The van der Waals surface area contributed by atoms with Crippen molar-refractivity contribution in [2.75, 3.05) is 6.61 Å². The molecule has 2 amide bonds. The van der Waals surface area contributed by atoms with E-state index in [1.807, 2.05) is 67.6 Å². The molecule has 1 saturated heterocycles. The summed E-state index contributed by atoms with van der Waals surface area (Å²) in [4.78, 5) is 25.0. The van der Waals surface area contributed by atoms with E-state index in [0.717, 1.165) is 11.1 Å². The summed E-state index contributed by atoms with van der Waals surface area (Å²) < 4.78 is 17.6. The molecule has 3 rings (SSSR count). The van der Waals surface area contributed by atoms with Crippen LogP contribution in [0.25, 0.3) is 0 Å². The van der Waals surface area contributed by atoms with Crippen LogP contribution in [0.3, 0.4) is 0 Å². The Bertz CT molecular complexity index is 1040. The molecule has 1 aliphatic heterocycles. The van der Waals surface area contributed by atoms with Crippen LogP contribution >= 0.6 is 0 Å². The van der Waals surface area contributed by atoms with Crippen molar-refractivity contribution in [3.05, 3.63) is 71.8 Å². The molecule has 9 nitrogen and oxygen atoms in total. The lowest BCUT2D eigenvalue weighted by Gasteiger charge is -2.44. The summed E-state index contributed by atoms with van der Waals surface area (Å²) in [6.45, 7) is 2.74. The SMILES string of the molecule is C#CC(OC1C(O)C(CO)OC(OCc2ccccc2)C1NC(C)=O)C(=O)NC(C)Cc1ccccc1. The third kappa shape index (κ3) is 8.12. The Kier molecular flexibility index (Phi) is 10.6. The van der Waals surface area contributed by atoms with Gasteiger partial charge in [-0.25, -0.2) is 0 Å². The van der Waals surface area contributed by atoms with Gasteiger partial charge in [0.2, 0.25) is 5.91 Å². The maximum atomic E-state index is 13.0. The Balaban J connectivity index is 1.74. The van der Waals surface area contributed by atoms with Crippen LogP contribution in [0.1, 0.15) is 25.0 Å². The first-order chi connectivity index (χ1) is 17.8. The first kappa shape index (κ1) is 28.3. The molecule has 1 heterocycles. The normalized spacial score (nSPS) is 24.9. The van der Waals surface area contributed by atoms with Crippen LogP contribution in [0.5, 0.6) is 0 Å². The second kappa shape index (κ2) is 13.9. The van der Waals surface area contributed by atoms with E-state index in [-0.39, 0.29) is 12.6 Å². The maximum Gasteiger partial charge on any atom is 0.261 e. The molecule has 2 aromatic rings. The van der Waals surface area contributed by atoms with Crippen molar-refractivity contribution in [1.82, 2.24) is 10.6 Å². The Hall–Kier alpha value is -3.26. The average Bonchev–Trinajstić information content (AvgIpc) is 2.88. The molecule has 0 aromatic heterocycles. The van der Waals surface area contributed by atoms with E-state index in [2.05, 4.69) is 16.6 Å². The third-order valence-corrected chi connectivity index (χ3v) is 5.94. The second-order valence-electron chi connectivity index (χ2n) is 8.99. The molecule has 1 fully saturated rings. The monoisotopic (exact) mass is 510 g/mol.